The van der Waals surface area contributed by atoms with Crippen molar-refractivity contribution in [1.82, 2.24) is 5.32 Å². The Bertz CT molecular complexity index is 298. The second kappa shape index (κ2) is 8.15. The first kappa shape index (κ1) is 16.0. The normalized spacial score (nSPS) is 20.5. The van der Waals surface area contributed by atoms with Crippen molar-refractivity contribution < 1.29 is 19.4 Å². The van der Waals surface area contributed by atoms with Crippen LogP contribution in [0.1, 0.15) is 46.0 Å². The summed E-state index contributed by atoms with van der Waals surface area (Å²) in [5.74, 6) is -0.0211. The molecule has 19 heavy (non-hydrogen) atoms. The van der Waals surface area contributed by atoms with E-state index in [1.54, 1.807) is 0 Å². The lowest BCUT2D eigenvalue weighted by Gasteiger charge is -2.20. The molecule has 0 aromatic carbocycles. The Balaban J connectivity index is 2.23. The fourth-order valence-corrected chi connectivity index (χ4v) is 2.40. The van der Waals surface area contributed by atoms with E-state index in [0.717, 1.165) is 19.3 Å². The maximum absolute atomic E-state index is 11.7. The van der Waals surface area contributed by atoms with E-state index >= 15 is 0 Å². The van der Waals surface area contributed by atoms with Crippen molar-refractivity contribution in [3.63, 3.8) is 0 Å². The zero-order valence-corrected chi connectivity index (χ0v) is 11.9. The minimum Gasteiger partial charge on any atom is -0.481 e. The SMILES string of the molecule is CC(C)C(CCNC(=O)[C@H]1CCCO1)CCC(=O)O. The number of ether oxygens (including phenoxy) is 1. The molecule has 0 radical (unpaired) electrons. The van der Waals surface area contributed by atoms with Gasteiger partial charge in [-0.3, -0.25) is 9.59 Å². The maximum Gasteiger partial charge on any atom is 0.303 e. The topological polar surface area (TPSA) is 75.6 Å². The Morgan fingerprint density at radius 1 is 1.37 bits per heavy atom. The van der Waals surface area contributed by atoms with Crippen molar-refractivity contribution in [2.45, 2.75) is 52.1 Å². The lowest BCUT2D eigenvalue weighted by molar-refractivity contribution is -0.137. The quantitative estimate of drug-likeness (QED) is 0.706. The number of carbonyl (C=O) groups is 2. The van der Waals surface area contributed by atoms with E-state index < -0.39 is 5.97 Å². The molecule has 5 heteroatoms. The number of carbonyl (C=O) groups excluding carboxylic acids is 1. The summed E-state index contributed by atoms with van der Waals surface area (Å²) in [6.45, 7) is 5.45. The molecule has 1 heterocycles. The van der Waals surface area contributed by atoms with Gasteiger partial charge in [-0.1, -0.05) is 13.8 Å². The minimum atomic E-state index is -0.756. The maximum atomic E-state index is 11.7. The highest BCUT2D eigenvalue weighted by atomic mass is 16.5. The van der Waals surface area contributed by atoms with E-state index in [1.807, 2.05) is 0 Å². The van der Waals surface area contributed by atoms with Gasteiger partial charge in [-0.05, 0) is 37.5 Å². The standard InChI is InChI=1S/C14H25NO4/c1-10(2)11(5-6-13(16)17)7-8-15-14(18)12-4-3-9-19-12/h10-12H,3-9H2,1-2H3,(H,15,18)(H,16,17)/t11?,12-/m1/s1. The van der Waals surface area contributed by atoms with Crippen LogP contribution in [-0.2, 0) is 14.3 Å². The second-order valence-electron chi connectivity index (χ2n) is 5.52. The Morgan fingerprint density at radius 2 is 2.11 bits per heavy atom. The van der Waals surface area contributed by atoms with Crippen LogP contribution in [0.3, 0.4) is 0 Å². The van der Waals surface area contributed by atoms with Crippen LogP contribution >= 0.6 is 0 Å². The monoisotopic (exact) mass is 271 g/mol. The van der Waals surface area contributed by atoms with Crippen molar-refractivity contribution in [3.05, 3.63) is 0 Å². The Hall–Kier alpha value is -1.10. The first-order valence-corrected chi connectivity index (χ1v) is 7.11. The predicted octanol–water partition coefficient (Wildman–Crippen LogP) is 1.81. The zero-order valence-electron chi connectivity index (χ0n) is 11.9. The molecule has 1 fully saturated rings. The molecule has 5 nitrogen and oxygen atoms in total. The number of carboxylic acid groups (broad SMARTS) is 1. The van der Waals surface area contributed by atoms with Crippen LogP contribution in [0.5, 0.6) is 0 Å². The summed E-state index contributed by atoms with van der Waals surface area (Å²) in [6.07, 6.45) is 3.16. The van der Waals surface area contributed by atoms with Crippen molar-refractivity contribution in [1.29, 1.82) is 0 Å². The van der Waals surface area contributed by atoms with Gasteiger partial charge in [0.05, 0.1) is 0 Å². The van der Waals surface area contributed by atoms with Gasteiger partial charge in [0.15, 0.2) is 0 Å². The third kappa shape index (κ3) is 6.05. The molecule has 1 amide bonds. The third-order valence-corrected chi connectivity index (χ3v) is 3.71. The van der Waals surface area contributed by atoms with Gasteiger partial charge in [-0.25, -0.2) is 0 Å². The third-order valence-electron chi connectivity index (χ3n) is 3.71. The van der Waals surface area contributed by atoms with Crippen LogP contribution < -0.4 is 5.32 Å². The highest BCUT2D eigenvalue weighted by Gasteiger charge is 2.23. The summed E-state index contributed by atoms with van der Waals surface area (Å²) in [4.78, 5) is 22.3. The lowest BCUT2D eigenvalue weighted by atomic mass is 9.88. The molecular formula is C14H25NO4. The van der Waals surface area contributed by atoms with E-state index in [1.165, 1.54) is 0 Å². The van der Waals surface area contributed by atoms with Gasteiger partial charge in [0.25, 0.3) is 0 Å². The fourth-order valence-electron chi connectivity index (χ4n) is 2.40. The molecule has 2 N–H and O–H groups in total. The van der Waals surface area contributed by atoms with Crippen molar-refractivity contribution in [2.75, 3.05) is 13.2 Å². The zero-order chi connectivity index (χ0) is 14.3. The van der Waals surface area contributed by atoms with Crippen LogP contribution in [0.2, 0.25) is 0 Å². The van der Waals surface area contributed by atoms with Crippen molar-refractivity contribution in [2.24, 2.45) is 11.8 Å². The molecule has 1 aliphatic heterocycles. The van der Waals surface area contributed by atoms with Crippen LogP contribution in [0.15, 0.2) is 0 Å². The number of carboxylic acids is 1. The van der Waals surface area contributed by atoms with Gasteiger partial charge in [0, 0.05) is 19.6 Å². The summed E-state index contributed by atoms with van der Waals surface area (Å²) in [5, 5.41) is 11.6. The Morgan fingerprint density at radius 3 is 2.63 bits per heavy atom. The van der Waals surface area contributed by atoms with Gasteiger partial charge < -0.3 is 15.2 Å². The molecule has 0 spiro atoms. The molecule has 0 saturated carbocycles. The molecule has 110 valence electrons. The average molecular weight is 271 g/mol. The number of hydrogen-bond acceptors (Lipinski definition) is 3. The number of nitrogens with one attached hydrogen (secondary N) is 1. The number of hydrogen-bond donors (Lipinski definition) is 2. The molecule has 2 atom stereocenters. The smallest absolute Gasteiger partial charge is 0.303 e. The van der Waals surface area contributed by atoms with E-state index in [4.69, 9.17) is 9.84 Å². The Kier molecular flexibility index (Phi) is 6.84. The molecule has 1 unspecified atom stereocenters. The lowest BCUT2D eigenvalue weighted by Crippen LogP contribution is -2.35. The predicted molar refractivity (Wildman–Crippen MR) is 71.8 cm³/mol. The van der Waals surface area contributed by atoms with E-state index in [0.29, 0.717) is 31.4 Å². The number of amides is 1. The largest absolute Gasteiger partial charge is 0.481 e. The van der Waals surface area contributed by atoms with Gasteiger partial charge in [-0.15, -0.1) is 0 Å². The van der Waals surface area contributed by atoms with E-state index in [2.05, 4.69) is 19.2 Å². The first-order valence-electron chi connectivity index (χ1n) is 7.11. The summed E-state index contributed by atoms with van der Waals surface area (Å²) >= 11 is 0. The molecule has 1 saturated heterocycles. The van der Waals surface area contributed by atoms with Gasteiger partial charge in [0.2, 0.25) is 5.91 Å². The van der Waals surface area contributed by atoms with Gasteiger partial charge in [-0.2, -0.15) is 0 Å². The molecular weight excluding hydrogens is 246 g/mol. The van der Waals surface area contributed by atoms with Crippen LogP contribution in [0, 0.1) is 11.8 Å². The molecule has 0 bridgehead atoms. The first-order chi connectivity index (χ1) is 9.00. The molecule has 0 aromatic heterocycles. The molecule has 0 aromatic rings. The van der Waals surface area contributed by atoms with Gasteiger partial charge in [0.1, 0.15) is 6.10 Å². The number of rotatable bonds is 8. The van der Waals surface area contributed by atoms with Crippen molar-refractivity contribution in [3.8, 4) is 0 Å². The minimum absolute atomic E-state index is 0.0294. The van der Waals surface area contributed by atoms with Crippen molar-refractivity contribution >= 4 is 11.9 Å². The average Bonchev–Trinajstić information content (AvgIpc) is 2.86. The molecule has 1 rings (SSSR count). The van der Waals surface area contributed by atoms with Gasteiger partial charge >= 0.3 is 5.97 Å². The van der Waals surface area contributed by atoms with Crippen LogP contribution in [0.25, 0.3) is 0 Å². The van der Waals surface area contributed by atoms with E-state index in [-0.39, 0.29) is 18.4 Å². The second-order valence-corrected chi connectivity index (χ2v) is 5.52. The van der Waals surface area contributed by atoms with E-state index in [9.17, 15) is 9.59 Å². The summed E-state index contributed by atoms with van der Waals surface area (Å²) in [5.41, 5.74) is 0. The Labute approximate surface area is 114 Å². The summed E-state index contributed by atoms with van der Waals surface area (Å²) in [7, 11) is 0. The highest BCUT2D eigenvalue weighted by Crippen LogP contribution is 2.20. The van der Waals surface area contributed by atoms with Crippen LogP contribution in [0.4, 0.5) is 0 Å². The fraction of sp³-hybridized carbons (Fsp3) is 0.857. The van der Waals surface area contributed by atoms with Crippen LogP contribution in [-0.4, -0.2) is 36.2 Å². The number of aliphatic carboxylic acids is 1. The highest BCUT2D eigenvalue weighted by molar-refractivity contribution is 5.80. The molecule has 0 aliphatic carbocycles. The summed E-state index contributed by atoms with van der Waals surface area (Å²) < 4.78 is 5.31. The molecule has 1 aliphatic rings. The summed E-state index contributed by atoms with van der Waals surface area (Å²) in [6, 6.07) is 0.